The zero-order chi connectivity index (χ0) is 18.5. The Balaban J connectivity index is 1.29. The summed E-state index contributed by atoms with van der Waals surface area (Å²) in [4.78, 5) is 17.4. The summed E-state index contributed by atoms with van der Waals surface area (Å²) in [5.74, 6) is -0.117. The van der Waals surface area contributed by atoms with Crippen molar-refractivity contribution < 1.29 is 14.2 Å². The van der Waals surface area contributed by atoms with E-state index in [0.29, 0.717) is 18.7 Å². The minimum absolute atomic E-state index is 0.117. The van der Waals surface area contributed by atoms with Gasteiger partial charge in [-0.1, -0.05) is 64.9 Å². The molecule has 1 amide bonds. The molecule has 2 heterocycles. The predicted molar refractivity (Wildman–Crippen MR) is 101 cm³/mol. The molecule has 1 N–H and O–H groups in total. The summed E-state index contributed by atoms with van der Waals surface area (Å²) in [5.41, 5.74) is 4.88. The third-order valence-electron chi connectivity index (χ3n) is 4.42. The second-order valence-electron chi connectivity index (χ2n) is 6.38. The molecule has 0 saturated heterocycles. The van der Waals surface area contributed by atoms with E-state index in [-0.39, 0.29) is 18.4 Å². The number of aromatic nitrogens is 1. The van der Waals surface area contributed by atoms with E-state index >= 15 is 0 Å². The highest BCUT2D eigenvalue weighted by Gasteiger charge is 2.22. The number of benzene rings is 2. The number of nitrogens with one attached hydrogen (secondary N) is 1. The Kier molecular flexibility index (Phi) is 4.96. The molecule has 0 unspecified atom stereocenters. The Morgan fingerprint density at radius 1 is 1.00 bits per heavy atom. The molecule has 0 saturated carbocycles. The summed E-state index contributed by atoms with van der Waals surface area (Å²) in [5, 5.41) is 10.8. The molecule has 1 atom stereocenters. The van der Waals surface area contributed by atoms with Crippen LogP contribution in [0.25, 0.3) is 11.1 Å². The highest BCUT2D eigenvalue weighted by molar-refractivity contribution is 6.01. The van der Waals surface area contributed by atoms with Gasteiger partial charge in [0, 0.05) is 12.5 Å². The minimum Gasteiger partial charge on any atom is -0.390 e. The van der Waals surface area contributed by atoms with Crippen molar-refractivity contribution in [2.24, 2.45) is 5.16 Å². The molecule has 3 aromatic rings. The van der Waals surface area contributed by atoms with Gasteiger partial charge in [0.1, 0.15) is 12.4 Å². The Morgan fingerprint density at radius 2 is 1.74 bits per heavy atom. The lowest BCUT2D eigenvalue weighted by Gasteiger charge is -2.09. The lowest BCUT2D eigenvalue weighted by atomic mass is 10.00. The van der Waals surface area contributed by atoms with E-state index in [4.69, 9.17) is 9.36 Å². The van der Waals surface area contributed by atoms with Crippen LogP contribution in [-0.4, -0.2) is 29.4 Å². The molecular formula is C21H19N3O3. The van der Waals surface area contributed by atoms with E-state index in [1.807, 2.05) is 18.2 Å². The predicted octanol–water partition coefficient (Wildman–Crippen LogP) is 3.19. The van der Waals surface area contributed by atoms with Crippen LogP contribution in [0, 0.1) is 0 Å². The van der Waals surface area contributed by atoms with Gasteiger partial charge in [0.15, 0.2) is 0 Å². The number of hydrogen-bond donors (Lipinski definition) is 1. The molecule has 136 valence electrons. The summed E-state index contributed by atoms with van der Waals surface area (Å²) in [6.45, 7) is 0.409. The van der Waals surface area contributed by atoms with Gasteiger partial charge >= 0.3 is 0 Å². The fourth-order valence-corrected chi connectivity index (χ4v) is 2.98. The van der Waals surface area contributed by atoms with E-state index in [1.165, 1.54) is 11.8 Å². The first-order valence-corrected chi connectivity index (χ1v) is 8.82. The minimum atomic E-state index is -0.157. The summed E-state index contributed by atoms with van der Waals surface area (Å²) in [7, 11) is 0. The SMILES string of the molecule is O=C(Cc1ccon1)NC[C@H]1CC(c2ccc(-c3ccccc3)cc2)=NO1. The molecule has 2 aromatic carbocycles. The van der Waals surface area contributed by atoms with Crippen LogP contribution in [0.15, 0.2) is 76.6 Å². The van der Waals surface area contributed by atoms with E-state index in [2.05, 4.69) is 52.0 Å². The zero-order valence-electron chi connectivity index (χ0n) is 14.7. The van der Waals surface area contributed by atoms with E-state index < -0.39 is 0 Å². The zero-order valence-corrected chi connectivity index (χ0v) is 14.7. The maximum absolute atomic E-state index is 11.9. The topological polar surface area (TPSA) is 76.7 Å². The molecule has 0 fully saturated rings. The highest BCUT2D eigenvalue weighted by Crippen LogP contribution is 2.22. The third kappa shape index (κ3) is 4.23. The fraction of sp³-hybridized carbons (Fsp3) is 0.190. The van der Waals surface area contributed by atoms with Crippen LogP contribution < -0.4 is 5.32 Å². The van der Waals surface area contributed by atoms with Crippen molar-refractivity contribution in [3.05, 3.63) is 78.2 Å². The Bertz CT molecular complexity index is 919. The number of carbonyl (C=O) groups excluding carboxylic acids is 1. The molecular weight excluding hydrogens is 342 g/mol. The number of rotatable bonds is 6. The van der Waals surface area contributed by atoms with Crippen molar-refractivity contribution in [3.8, 4) is 11.1 Å². The molecule has 4 rings (SSSR count). The molecule has 1 aromatic heterocycles. The van der Waals surface area contributed by atoms with Crippen molar-refractivity contribution in [2.75, 3.05) is 6.54 Å². The van der Waals surface area contributed by atoms with Crippen LogP contribution in [0.5, 0.6) is 0 Å². The van der Waals surface area contributed by atoms with Gasteiger partial charge in [0.25, 0.3) is 0 Å². The van der Waals surface area contributed by atoms with Gasteiger partial charge in [-0.25, -0.2) is 0 Å². The maximum atomic E-state index is 11.9. The Labute approximate surface area is 156 Å². The standard InChI is InChI=1S/C21H19N3O3/c25-21(12-18-10-11-26-23-18)22-14-19-13-20(24-27-19)17-8-6-16(7-9-17)15-4-2-1-3-5-15/h1-11,19H,12-14H2,(H,22,25)/t19-/m1/s1. The second-order valence-corrected chi connectivity index (χ2v) is 6.38. The monoisotopic (exact) mass is 361 g/mol. The van der Waals surface area contributed by atoms with Gasteiger partial charge < -0.3 is 14.7 Å². The molecule has 1 aliphatic heterocycles. The van der Waals surface area contributed by atoms with E-state index in [0.717, 1.165) is 16.8 Å². The van der Waals surface area contributed by atoms with E-state index in [1.54, 1.807) is 6.07 Å². The number of oxime groups is 1. The van der Waals surface area contributed by atoms with Crippen LogP contribution >= 0.6 is 0 Å². The smallest absolute Gasteiger partial charge is 0.226 e. The average Bonchev–Trinajstić information content (AvgIpc) is 3.39. The van der Waals surface area contributed by atoms with Crippen LogP contribution in [0.3, 0.4) is 0 Å². The molecule has 1 aliphatic rings. The summed E-state index contributed by atoms with van der Waals surface area (Å²) < 4.78 is 4.72. The maximum Gasteiger partial charge on any atom is 0.226 e. The van der Waals surface area contributed by atoms with Crippen molar-refractivity contribution in [2.45, 2.75) is 18.9 Å². The number of nitrogens with zero attached hydrogens (tertiary/aromatic N) is 2. The number of amides is 1. The molecule has 0 aliphatic carbocycles. The lowest BCUT2D eigenvalue weighted by molar-refractivity contribution is -0.121. The van der Waals surface area contributed by atoms with Crippen molar-refractivity contribution >= 4 is 11.6 Å². The Morgan fingerprint density at radius 3 is 2.48 bits per heavy atom. The second kappa shape index (κ2) is 7.86. The van der Waals surface area contributed by atoms with Gasteiger partial charge in [0.2, 0.25) is 5.91 Å². The first-order chi connectivity index (χ1) is 13.3. The lowest BCUT2D eigenvalue weighted by Crippen LogP contribution is -2.33. The van der Waals surface area contributed by atoms with Crippen LogP contribution in [0.4, 0.5) is 0 Å². The van der Waals surface area contributed by atoms with Gasteiger partial charge in [-0.3, -0.25) is 4.79 Å². The van der Waals surface area contributed by atoms with Crippen LogP contribution in [0.1, 0.15) is 17.7 Å². The quantitative estimate of drug-likeness (QED) is 0.731. The normalized spacial score (nSPS) is 15.9. The van der Waals surface area contributed by atoms with Crippen molar-refractivity contribution in [1.29, 1.82) is 0 Å². The van der Waals surface area contributed by atoms with Crippen molar-refractivity contribution in [1.82, 2.24) is 10.5 Å². The largest absolute Gasteiger partial charge is 0.390 e. The van der Waals surface area contributed by atoms with Gasteiger partial charge in [-0.05, 0) is 16.7 Å². The van der Waals surface area contributed by atoms with Crippen LogP contribution in [0.2, 0.25) is 0 Å². The first-order valence-electron chi connectivity index (χ1n) is 8.82. The Hall–Kier alpha value is -3.41. The van der Waals surface area contributed by atoms with Gasteiger partial charge in [-0.15, -0.1) is 0 Å². The molecule has 0 spiro atoms. The van der Waals surface area contributed by atoms with Gasteiger partial charge in [-0.2, -0.15) is 0 Å². The molecule has 0 bridgehead atoms. The van der Waals surface area contributed by atoms with Crippen LogP contribution in [-0.2, 0) is 16.1 Å². The summed E-state index contributed by atoms with van der Waals surface area (Å²) in [6, 6.07) is 20.2. The molecule has 27 heavy (non-hydrogen) atoms. The molecule has 6 nitrogen and oxygen atoms in total. The fourth-order valence-electron chi connectivity index (χ4n) is 2.98. The number of carbonyl (C=O) groups is 1. The average molecular weight is 361 g/mol. The first kappa shape index (κ1) is 17.0. The van der Waals surface area contributed by atoms with Gasteiger partial charge in [0.05, 0.1) is 24.4 Å². The summed E-state index contributed by atoms with van der Waals surface area (Å²) in [6.07, 6.45) is 2.15. The third-order valence-corrected chi connectivity index (χ3v) is 4.42. The highest BCUT2D eigenvalue weighted by atomic mass is 16.6. The number of hydrogen-bond acceptors (Lipinski definition) is 5. The van der Waals surface area contributed by atoms with E-state index in [9.17, 15) is 4.79 Å². The molecule has 6 heteroatoms. The van der Waals surface area contributed by atoms with Crippen molar-refractivity contribution in [3.63, 3.8) is 0 Å². The summed E-state index contributed by atoms with van der Waals surface area (Å²) >= 11 is 0. The molecule has 0 radical (unpaired) electrons.